The van der Waals surface area contributed by atoms with Gasteiger partial charge in [0.2, 0.25) is 0 Å². The number of rotatable bonds is 6. The topological polar surface area (TPSA) is 21.3 Å². The molecule has 1 aliphatic rings. The molecule has 1 unspecified atom stereocenters. The smallest absolute Gasteiger partial charge is 0.261 e. The van der Waals surface area contributed by atoms with Crippen LogP contribution in [0.3, 0.4) is 0 Å². The molecule has 1 aliphatic carbocycles. The van der Waals surface area contributed by atoms with Crippen molar-refractivity contribution in [2.24, 2.45) is 0 Å². The van der Waals surface area contributed by atoms with Crippen molar-refractivity contribution in [3.8, 4) is 0 Å². The van der Waals surface area contributed by atoms with Crippen molar-refractivity contribution in [1.29, 1.82) is 0 Å². The molecule has 0 aromatic rings. The molecule has 2 nitrogen and oxygen atoms in total. The molecule has 0 saturated heterocycles. The summed E-state index contributed by atoms with van der Waals surface area (Å²) < 4.78 is 28.5. The first-order valence-corrected chi connectivity index (χ1v) is 5.31. The third-order valence-corrected chi connectivity index (χ3v) is 2.56. The summed E-state index contributed by atoms with van der Waals surface area (Å²) in [5, 5.41) is 3.34. The maximum atomic E-state index is 11.8. The molecule has 0 aliphatic heterocycles. The molecule has 0 aromatic carbocycles. The van der Waals surface area contributed by atoms with Crippen LogP contribution in [0.4, 0.5) is 8.78 Å². The first-order valence-electron chi connectivity index (χ1n) is 5.31. The number of ether oxygens (including phenoxy) is 1. The Morgan fingerprint density at radius 3 is 2.57 bits per heavy atom. The van der Waals surface area contributed by atoms with E-state index in [1.165, 1.54) is 25.7 Å². The van der Waals surface area contributed by atoms with Gasteiger partial charge in [0, 0.05) is 12.6 Å². The zero-order valence-corrected chi connectivity index (χ0v) is 8.64. The first kappa shape index (κ1) is 11.9. The van der Waals surface area contributed by atoms with Crippen LogP contribution in [0.1, 0.15) is 32.6 Å². The summed E-state index contributed by atoms with van der Waals surface area (Å²) in [4.78, 5) is 0. The Balaban J connectivity index is 1.99. The van der Waals surface area contributed by atoms with Gasteiger partial charge in [0.1, 0.15) is 6.61 Å². The quantitative estimate of drug-likeness (QED) is 0.721. The van der Waals surface area contributed by atoms with Gasteiger partial charge in [-0.1, -0.05) is 12.8 Å². The number of nitrogens with one attached hydrogen (secondary N) is 1. The third-order valence-electron chi connectivity index (χ3n) is 2.56. The minimum atomic E-state index is -2.36. The average Bonchev–Trinajstić information content (AvgIpc) is 2.63. The lowest BCUT2D eigenvalue weighted by atomic mass is 10.2. The lowest BCUT2D eigenvalue weighted by Crippen LogP contribution is -2.34. The lowest BCUT2D eigenvalue weighted by molar-refractivity contribution is -0.0171. The molecule has 0 bridgehead atoms. The van der Waals surface area contributed by atoms with E-state index < -0.39 is 13.0 Å². The summed E-state index contributed by atoms with van der Waals surface area (Å²) in [7, 11) is 0. The van der Waals surface area contributed by atoms with E-state index in [-0.39, 0.29) is 6.10 Å². The molecule has 4 heteroatoms. The van der Waals surface area contributed by atoms with Gasteiger partial charge in [0.05, 0.1) is 6.10 Å². The van der Waals surface area contributed by atoms with Crippen molar-refractivity contribution in [1.82, 2.24) is 5.32 Å². The maximum absolute atomic E-state index is 11.8. The van der Waals surface area contributed by atoms with Gasteiger partial charge in [-0.15, -0.1) is 0 Å². The number of halogens is 2. The second-order valence-corrected chi connectivity index (χ2v) is 3.92. The number of hydrogen-bond acceptors (Lipinski definition) is 2. The summed E-state index contributed by atoms with van der Waals surface area (Å²) in [5.41, 5.74) is 0. The van der Waals surface area contributed by atoms with E-state index in [9.17, 15) is 8.78 Å². The Morgan fingerprint density at radius 2 is 2.00 bits per heavy atom. The fraction of sp³-hybridized carbons (Fsp3) is 1.00. The molecule has 0 amide bonds. The van der Waals surface area contributed by atoms with Crippen LogP contribution >= 0.6 is 0 Å². The van der Waals surface area contributed by atoms with Crippen LogP contribution < -0.4 is 5.32 Å². The Hall–Kier alpha value is -0.220. The van der Waals surface area contributed by atoms with E-state index in [0.717, 1.165) is 0 Å². The fourth-order valence-electron chi connectivity index (χ4n) is 1.76. The van der Waals surface area contributed by atoms with Crippen LogP contribution in [0.25, 0.3) is 0 Å². The van der Waals surface area contributed by atoms with E-state index in [1.807, 2.05) is 6.92 Å². The van der Waals surface area contributed by atoms with Gasteiger partial charge in [0.25, 0.3) is 6.43 Å². The normalized spacial score (nSPS) is 20.6. The predicted molar refractivity (Wildman–Crippen MR) is 51.7 cm³/mol. The zero-order valence-electron chi connectivity index (χ0n) is 8.64. The predicted octanol–water partition coefficient (Wildman–Crippen LogP) is 2.19. The first-order chi connectivity index (χ1) is 6.68. The molecule has 84 valence electrons. The largest absolute Gasteiger partial charge is 0.371 e. The molecule has 0 aromatic heterocycles. The minimum absolute atomic E-state index is 0.121. The van der Waals surface area contributed by atoms with Gasteiger partial charge in [0.15, 0.2) is 0 Å². The Bertz CT molecular complexity index is 149. The monoisotopic (exact) mass is 207 g/mol. The highest BCUT2D eigenvalue weighted by molar-refractivity contribution is 4.74. The minimum Gasteiger partial charge on any atom is -0.371 e. The van der Waals surface area contributed by atoms with Crippen LogP contribution in [0.2, 0.25) is 0 Å². The number of alkyl halides is 2. The molecular weight excluding hydrogens is 188 g/mol. The second kappa shape index (κ2) is 6.30. The van der Waals surface area contributed by atoms with Crippen molar-refractivity contribution in [3.05, 3.63) is 0 Å². The maximum Gasteiger partial charge on any atom is 0.261 e. The van der Waals surface area contributed by atoms with Gasteiger partial charge in [-0.25, -0.2) is 8.78 Å². The molecule has 1 fully saturated rings. The summed E-state index contributed by atoms with van der Waals surface area (Å²) in [5.74, 6) is 0. The molecule has 1 N–H and O–H groups in total. The van der Waals surface area contributed by atoms with E-state index in [4.69, 9.17) is 4.74 Å². The van der Waals surface area contributed by atoms with Crippen LogP contribution in [0, 0.1) is 0 Å². The zero-order chi connectivity index (χ0) is 10.4. The average molecular weight is 207 g/mol. The Labute approximate surface area is 84.0 Å². The summed E-state index contributed by atoms with van der Waals surface area (Å²) >= 11 is 0. The molecule has 0 radical (unpaired) electrons. The highest BCUT2D eigenvalue weighted by atomic mass is 19.3. The summed E-state index contributed by atoms with van der Waals surface area (Å²) in [6.45, 7) is 2.05. The van der Waals surface area contributed by atoms with Crippen LogP contribution in [-0.2, 0) is 4.74 Å². The van der Waals surface area contributed by atoms with E-state index >= 15 is 0 Å². The second-order valence-electron chi connectivity index (χ2n) is 3.92. The molecular formula is C10H19F2NO. The van der Waals surface area contributed by atoms with Gasteiger partial charge in [-0.2, -0.15) is 0 Å². The number of hydrogen-bond donors (Lipinski definition) is 1. The standard InChI is InChI=1S/C10H19F2NO/c1-8(14-7-10(11)12)6-13-9-4-2-3-5-9/h8-10,13H,2-7H2,1H3. The van der Waals surface area contributed by atoms with Gasteiger partial charge in [-0.05, 0) is 19.8 Å². The van der Waals surface area contributed by atoms with E-state index in [0.29, 0.717) is 12.6 Å². The Kier molecular flexibility index (Phi) is 5.33. The third kappa shape index (κ3) is 4.86. The molecule has 1 atom stereocenters. The van der Waals surface area contributed by atoms with Crippen molar-refractivity contribution in [3.63, 3.8) is 0 Å². The molecule has 14 heavy (non-hydrogen) atoms. The lowest BCUT2D eigenvalue weighted by Gasteiger charge is -2.17. The van der Waals surface area contributed by atoms with Crippen molar-refractivity contribution in [2.45, 2.75) is 51.2 Å². The van der Waals surface area contributed by atoms with Gasteiger partial charge in [-0.3, -0.25) is 0 Å². The summed E-state index contributed by atoms with van der Waals surface area (Å²) in [6.07, 6.45) is 2.50. The van der Waals surface area contributed by atoms with Crippen molar-refractivity contribution >= 4 is 0 Å². The highest BCUT2D eigenvalue weighted by Gasteiger charge is 2.15. The van der Waals surface area contributed by atoms with E-state index in [1.54, 1.807) is 0 Å². The molecule has 1 rings (SSSR count). The molecule has 0 heterocycles. The van der Waals surface area contributed by atoms with E-state index in [2.05, 4.69) is 5.32 Å². The molecule has 1 saturated carbocycles. The van der Waals surface area contributed by atoms with Crippen LogP contribution in [0.5, 0.6) is 0 Å². The van der Waals surface area contributed by atoms with Crippen molar-refractivity contribution in [2.75, 3.05) is 13.2 Å². The van der Waals surface area contributed by atoms with Crippen LogP contribution in [0.15, 0.2) is 0 Å². The highest BCUT2D eigenvalue weighted by Crippen LogP contribution is 2.17. The summed E-state index contributed by atoms with van der Waals surface area (Å²) in [6, 6.07) is 0.576. The Morgan fingerprint density at radius 1 is 1.36 bits per heavy atom. The SMILES string of the molecule is CC(CNC1CCCC1)OCC(F)F. The van der Waals surface area contributed by atoms with Gasteiger partial charge >= 0.3 is 0 Å². The fourth-order valence-corrected chi connectivity index (χ4v) is 1.76. The molecule has 0 spiro atoms. The van der Waals surface area contributed by atoms with Crippen molar-refractivity contribution < 1.29 is 13.5 Å². The van der Waals surface area contributed by atoms with Gasteiger partial charge < -0.3 is 10.1 Å². The van der Waals surface area contributed by atoms with Crippen LogP contribution in [-0.4, -0.2) is 31.7 Å².